The Morgan fingerprint density at radius 3 is 2.50 bits per heavy atom. The summed E-state index contributed by atoms with van der Waals surface area (Å²) in [6, 6.07) is 16.3. The molecule has 2 aromatic heterocycles. The van der Waals surface area contributed by atoms with E-state index in [-0.39, 0.29) is 18.0 Å². The maximum atomic E-state index is 12.8. The van der Waals surface area contributed by atoms with Crippen molar-refractivity contribution in [1.29, 1.82) is 0 Å². The summed E-state index contributed by atoms with van der Waals surface area (Å²) >= 11 is 13.3. The van der Waals surface area contributed by atoms with Gasteiger partial charge in [-0.3, -0.25) is 14.2 Å². The molecule has 4 aromatic rings. The number of hydrogen-bond donors (Lipinski definition) is 1. The maximum Gasteiger partial charge on any atom is 0.262 e. The number of carbonyl (C=O) groups excluding carboxylic acids is 1. The van der Waals surface area contributed by atoms with Gasteiger partial charge in [-0.2, -0.15) is 0 Å². The number of carbonyl (C=O) groups is 1. The Labute approximate surface area is 174 Å². The first-order chi connectivity index (χ1) is 13.5. The third-order valence-corrected chi connectivity index (χ3v) is 5.57. The molecule has 1 amide bonds. The van der Waals surface area contributed by atoms with E-state index < -0.39 is 0 Å². The second-order valence-electron chi connectivity index (χ2n) is 6.08. The standard InChI is InChI=1S/C20H13Cl2N3O2S/c21-13-6-14(22)8-15(7-13)24-18(26)10-25-11-23-19-16(20(25)27)9-17(28-19)12-4-2-1-3-5-12/h1-9,11H,10H2,(H,24,26). The summed E-state index contributed by atoms with van der Waals surface area (Å²) in [5.74, 6) is -0.375. The van der Waals surface area contributed by atoms with Crippen molar-refractivity contribution in [3.05, 3.63) is 81.3 Å². The molecule has 0 aliphatic rings. The summed E-state index contributed by atoms with van der Waals surface area (Å²) in [6.07, 6.45) is 1.39. The number of rotatable bonds is 4. The molecule has 0 aliphatic heterocycles. The van der Waals surface area contributed by atoms with Crippen LogP contribution in [0.2, 0.25) is 10.0 Å². The summed E-state index contributed by atoms with van der Waals surface area (Å²) in [6.45, 7) is -0.164. The molecule has 2 aromatic carbocycles. The molecule has 2 heterocycles. The van der Waals surface area contributed by atoms with Gasteiger partial charge < -0.3 is 5.32 Å². The van der Waals surface area contributed by atoms with E-state index in [9.17, 15) is 9.59 Å². The first-order valence-electron chi connectivity index (χ1n) is 8.30. The smallest absolute Gasteiger partial charge is 0.262 e. The van der Waals surface area contributed by atoms with Crippen LogP contribution in [0.4, 0.5) is 5.69 Å². The molecule has 0 unspecified atom stereocenters. The highest BCUT2D eigenvalue weighted by molar-refractivity contribution is 7.21. The van der Waals surface area contributed by atoms with Gasteiger partial charge in [0.1, 0.15) is 11.4 Å². The number of aromatic nitrogens is 2. The minimum atomic E-state index is -0.375. The van der Waals surface area contributed by atoms with E-state index in [0.29, 0.717) is 25.9 Å². The molecule has 140 valence electrons. The number of thiophene rings is 1. The van der Waals surface area contributed by atoms with Crippen molar-refractivity contribution >= 4 is 56.3 Å². The fourth-order valence-corrected chi connectivity index (χ4v) is 4.32. The van der Waals surface area contributed by atoms with Crippen LogP contribution in [0.15, 0.2) is 65.7 Å². The number of amides is 1. The maximum absolute atomic E-state index is 12.8. The van der Waals surface area contributed by atoms with Gasteiger partial charge in [-0.15, -0.1) is 11.3 Å². The lowest BCUT2D eigenvalue weighted by atomic mass is 10.2. The summed E-state index contributed by atoms with van der Waals surface area (Å²) in [5, 5.41) is 4.00. The highest BCUT2D eigenvalue weighted by Crippen LogP contribution is 2.30. The quantitative estimate of drug-likeness (QED) is 0.492. The van der Waals surface area contributed by atoms with Gasteiger partial charge in [0, 0.05) is 20.6 Å². The third kappa shape index (κ3) is 3.94. The summed E-state index contributed by atoms with van der Waals surface area (Å²) in [5.41, 5.74) is 1.22. The van der Waals surface area contributed by atoms with Crippen LogP contribution in [0.1, 0.15) is 0 Å². The van der Waals surface area contributed by atoms with Crippen LogP contribution in [0.25, 0.3) is 20.7 Å². The molecule has 0 fully saturated rings. The number of benzene rings is 2. The monoisotopic (exact) mass is 429 g/mol. The van der Waals surface area contributed by atoms with Gasteiger partial charge >= 0.3 is 0 Å². The van der Waals surface area contributed by atoms with Crippen LogP contribution in [0.3, 0.4) is 0 Å². The second-order valence-corrected chi connectivity index (χ2v) is 7.98. The lowest BCUT2D eigenvalue weighted by Crippen LogP contribution is -2.27. The molecular weight excluding hydrogens is 417 g/mol. The Balaban J connectivity index is 1.59. The molecule has 0 saturated carbocycles. The van der Waals surface area contributed by atoms with Crippen LogP contribution in [0.5, 0.6) is 0 Å². The van der Waals surface area contributed by atoms with Gasteiger partial charge in [0.25, 0.3) is 5.56 Å². The van der Waals surface area contributed by atoms with E-state index in [4.69, 9.17) is 23.2 Å². The molecule has 28 heavy (non-hydrogen) atoms. The Morgan fingerprint density at radius 2 is 1.79 bits per heavy atom. The number of fused-ring (bicyclic) bond motifs is 1. The Morgan fingerprint density at radius 1 is 1.07 bits per heavy atom. The zero-order chi connectivity index (χ0) is 19.7. The molecular formula is C20H13Cl2N3O2S. The number of nitrogens with zero attached hydrogens (tertiary/aromatic N) is 2. The SMILES string of the molecule is O=C(Cn1cnc2sc(-c3ccccc3)cc2c1=O)Nc1cc(Cl)cc(Cl)c1. The van der Waals surface area contributed by atoms with E-state index in [1.807, 2.05) is 36.4 Å². The third-order valence-electron chi connectivity index (χ3n) is 4.04. The second kappa shape index (κ2) is 7.75. The topological polar surface area (TPSA) is 64.0 Å². The van der Waals surface area contributed by atoms with Crippen LogP contribution < -0.4 is 10.9 Å². The summed E-state index contributed by atoms with van der Waals surface area (Å²) in [4.78, 5) is 31.0. The van der Waals surface area contributed by atoms with Gasteiger partial charge in [0.15, 0.2) is 0 Å². The molecule has 5 nitrogen and oxygen atoms in total. The first-order valence-corrected chi connectivity index (χ1v) is 9.87. The van der Waals surface area contributed by atoms with Gasteiger partial charge in [-0.1, -0.05) is 53.5 Å². The zero-order valence-corrected chi connectivity index (χ0v) is 16.7. The number of hydrogen-bond acceptors (Lipinski definition) is 4. The van der Waals surface area contributed by atoms with Crippen molar-refractivity contribution < 1.29 is 4.79 Å². The largest absolute Gasteiger partial charge is 0.324 e. The molecule has 0 spiro atoms. The van der Waals surface area contributed by atoms with Crippen LogP contribution >= 0.6 is 34.5 Å². The predicted octanol–water partition coefficient (Wildman–Crippen LogP) is 5.07. The minimum absolute atomic E-state index is 0.164. The number of nitrogens with one attached hydrogen (secondary N) is 1. The fraction of sp³-hybridized carbons (Fsp3) is 0.0500. The molecule has 8 heteroatoms. The lowest BCUT2D eigenvalue weighted by molar-refractivity contribution is -0.116. The average Bonchev–Trinajstić information content (AvgIpc) is 3.09. The summed E-state index contributed by atoms with van der Waals surface area (Å²) < 4.78 is 1.28. The molecule has 0 bridgehead atoms. The van der Waals surface area contributed by atoms with Gasteiger partial charge in [0.2, 0.25) is 5.91 Å². The van der Waals surface area contributed by atoms with Crippen molar-refractivity contribution in [3.8, 4) is 10.4 Å². The van der Waals surface area contributed by atoms with Crippen molar-refractivity contribution in [2.75, 3.05) is 5.32 Å². The Hall–Kier alpha value is -2.67. The van der Waals surface area contributed by atoms with Crippen LogP contribution in [-0.2, 0) is 11.3 Å². The fourth-order valence-electron chi connectivity index (χ4n) is 2.80. The van der Waals surface area contributed by atoms with Gasteiger partial charge in [-0.25, -0.2) is 4.98 Å². The van der Waals surface area contributed by atoms with E-state index in [1.54, 1.807) is 18.2 Å². The van der Waals surface area contributed by atoms with Crippen molar-refractivity contribution in [3.63, 3.8) is 0 Å². The molecule has 0 atom stereocenters. The first kappa shape index (κ1) is 18.7. The molecule has 0 saturated heterocycles. The molecule has 0 radical (unpaired) electrons. The van der Waals surface area contributed by atoms with Crippen molar-refractivity contribution in [1.82, 2.24) is 9.55 Å². The van der Waals surface area contributed by atoms with E-state index in [1.165, 1.54) is 22.2 Å². The molecule has 0 aliphatic carbocycles. The highest BCUT2D eigenvalue weighted by atomic mass is 35.5. The van der Waals surface area contributed by atoms with E-state index in [2.05, 4.69) is 10.3 Å². The van der Waals surface area contributed by atoms with Gasteiger partial charge in [0.05, 0.1) is 11.7 Å². The van der Waals surface area contributed by atoms with E-state index >= 15 is 0 Å². The Kier molecular flexibility index (Phi) is 5.17. The minimum Gasteiger partial charge on any atom is -0.324 e. The van der Waals surface area contributed by atoms with Crippen molar-refractivity contribution in [2.24, 2.45) is 0 Å². The highest BCUT2D eigenvalue weighted by Gasteiger charge is 2.12. The van der Waals surface area contributed by atoms with E-state index in [0.717, 1.165) is 10.4 Å². The zero-order valence-electron chi connectivity index (χ0n) is 14.4. The molecule has 4 rings (SSSR count). The number of anilines is 1. The lowest BCUT2D eigenvalue weighted by Gasteiger charge is -2.08. The normalized spacial score (nSPS) is 10.9. The molecule has 1 N–H and O–H groups in total. The predicted molar refractivity (Wildman–Crippen MR) is 114 cm³/mol. The summed E-state index contributed by atoms with van der Waals surface area (Å²) in [7, 11) is 0. The van der Waals surface area contributed by atoms with Gasteiger partial charge in [-0.05, 0) is 29.8 Å². The van der Waals surface area contributed by atoms with Crippen LogP contribution in [0, 0.1) is 0 Å². The van der Waals surface area contributed by atoms with Crippen molar-refractivity contribution in [2.45, 2.75) is 6.54 Å². The average molecular weight is 430 g/mol. The van der Waals surface area contributed by atoms with Crippen LogP contribution in [-0.4, -0.2) is 15.5 Å². The Bertz CT molecular complexity index is 1220. The number of halogens is 2.